The second kappa shape index (κ2) is 13.5. The highest BCUT2D eigenvalue weighted by Crippen LogP contribution is 2.37. The number of nitrogens with one attached hydrogen (secondary N) is 1. The van der Waals surface area contributed by atoms with Crippen molar-refractivity contribution < 1.29 is 23.8 Å². The zero-order chi connectivity index (χ0) is 28.6. The lowest BCUT2D eigenvalue weighted by molar-refractivity contribution is -0.111. The number of ether oxygens (including phenoxy) is 3. The van der Waals surface area contributed by atoms with Gasteiger partial charge in [-0.2, -0.15) is 0 Å². The minimum absolute atomic E-state index is 0.167. The molecule has 0 aliphatic heterocycles. The zero-order valence-corrected chi connectivity index (χ0v) is 24.5. The standard InChI is InChI=1S/C31H27Cl2NO5S/c1-4-38-31(36)29-23(21-12-8-19(2)9-13-21)18-40-30(29)34-28(35)15-11-20-10-14-26(27(16-20)37-3)39-17-22-24(32)6-5-7-25(22)33/h5-16,18H,4,17H2,1-3H3,(H,34,35)/b15-11+. The molecular weight excluding hydrogens is 569 g/mol. The summed E-state index contributed by atoms with van der Waals surface area (Å²) in [6.07, 6.45) is 3.03. The fourth-order valence-electron chi connectivity index (χ4n) is 3.85. The van der Waals surface area contributed by atoms with E-state index in [1.165, 1.54) is 24.5 Å². The number of methoxy groups -OCH3 is 1. The van der Waals surface area contributed by atoms with Gasteiger partial charge in [-0.3, -0.25) is 4.79 Å². The summed E-state index contributed by atoms with van der Waals surface area (Å²) in [7, 11) is 1.53. The van der Waals surface area contributed by atoms with Gasteiger partial charge in [-0.1, -0.05) is 65.2 Å². The quantitative estimate of drug-likeness (QED) is 0.147. The number of esters is 1. The summed E-state index contributed by atoms with van der Waals surface area (Å²) >= 11 is 13.7. The molecule has 4 rings (SSSR count). The molecule has 0 aliphatic carbocycles. The van der Waals surface area contributed by atoms with Crippen molar-refractivity contribution in [1.29, 1.82) is 0 Å². The molecule has 0 saturated heterocycles. The van der Waals surface area contributed by atoms with E-state index in [1.807, 2.05) is 36.6 Å². The van der Waals surface area contributed by atoms with Gasteiger partial charge >= 0.3 is 5.97 Å². The minimum atomic E-state index is -0.489. The van der Waals surface area contributed by atoms with Crippen LogP contribution in [-0.4, -0.2) is 25.6 Å². The number of carbonyl (C=O) groups excluding carboxylic acids is 2. The molecule has 0 saturated carbocycles. The third kappa shape index (κ3) is 7.04. The Morgan fingerprint density at radius 2 is 1.73 bits per heavy atom. The molecule has 206 valence electrons. The number of carbonyl (C=O) groups is 2. The SMILES string of the molecule is CCOC(=O)c1c(-c2ccc(C)cc2)csc1NC(=O)/C=C/c1ccc(OCc2c(Cl)cccc2Cl)c(OC)c1. The molecule has 0 aliphatic rings. The van der Waals surface area contributed by atoms with Gasteiger partial charge in [0.25, 0.3) is 0 Å². The number of rotatable bonds is 10. The molecule has 6 nitrogen and oxygen atoms in total. The normalized spacial score (nSPS) is 10.9. The first-order chi connectivity index (χ1) is 19.3. The Kier molecular flexibility index (Phi) is 9.88. The first kappa shape index (κ1) is 29.2. The molecule has 1 N–H and O–H groups in total. The lowest BCUT2D eigenvalue weighted by atomic mass is 10.0. The van der Waals surface area contributed by atoms with Crippen molar-refractivity contribution in [3.05, 3.63) is 104 Å². The first-order valence-electron chi connectivity index (χ1n) is 12.4. The van der Waals surface area contributed by atoms with Crippen LogP contribution in [0.25, 0.3) is 17.2 Å². The predicted octanol–water partition coefficient (Wildman–Crippen LogP) is 8.45. The molecule has 0 atom stereocenters. The summed E-state index contributed by atoms with van der Waals surface area (Å²) in [6.45, 7) is 4.13. The zero-order valence-electron chi connectivity index (χ0n) is 22.1. The smallest absolute Gasteiger partial charge is 0.341 e. The Hall–Kier alpha value is -3.78. The van der Waals surface area contributed by atoms with Gasteiger partial charge in [0.1, 0.15) is 17.2 Å². The van der Waals surface area contributed by atoms with Gasteiger partial charge in [-0.25, -0.2) is 4.79 Å². The summed E-state index contributed by atoms with van der Waals surface area (Å²) < 4.78 is 16.7. The molecule has 0 unspecified atom stereocenters. The highest BCUT2D eigenvalue weighted by Gasteiger charge is 2.22. The maximum atomic E-state index is 12.8. The number of hydrogen-bond acceptors (Lipinski definition) is 6. The van der Waals surface area contributed by atoms with Crippen LogP contribution >= 0.6 is 34.5 Å². The van der Waals surface area contributed by atoms with Crippen LogP contribution in [0.3, 0.4) is 0 Å². The molecule has 0 fully saturated rings. The number of benzene rings is 3. The lowest BCUT2D eigenvalue weighted by Crippen LogP contribution is -2.12. The second-order valence-electron chi connectivity index (χ2n) is 8.66. The van der Waals surface area contributed by atoms with Crippen LogP contribution in [0.4, 0.5) is 5.00 Å². The summed E-state index contributed by atoms with van der Waals surface area (Å²) in [5.41, 5.74) is 4.41. The third-order valence-corrected chi connectivity index (χ3v) is 7.52. The van der Waals surface area contributed by atoms with Gasteiger partial charge in [0.2, 0.25) is 5.91 Å². The molecule has 0 radical (unpaired) electrons. The van der Waals surface area contributed by atoms with Gasteiger partial charge in [-0.05, 0) is 55.3 Å². The van der Waals surface area contributed by atoms with E-state index in [4.69, 9.17) is 37.4 Å². The summed E-state index contributed by atoms with van der Waals surface area (Å²) in [5.74, 6) is 0.102. The number of halogens is 2. The van der Waals surface area contributed by atoms with E-state index < -0.39 is 11.9 Å². The van der Waals surface area contributed by atoms with E-state index in [0.29, 0.717) is 48.8 Å². The highest BCUT2D eigenvalue weighted by atomic mass is 35.5. The topological polar surface area (TPSA) is 73.9 Å². The number of aryl methyl sites for hydroxylation is 1. The molecule has 0 spiro atoms. The van der Waals surface area contributed by atoms with Crippen molar-refractivity contribution >= 4 is 57.5 Å². The first-order valence-corrected chi connectivity index (χ1v) is 14.0. The summed E-state index contributed by atoms with van der Waals surface area (Å²) in [6, 6.07) is 18.4. The average molecular weight is 597 g/mol. The molecule has 0 bridgehead atoms. The number of thiophene rings is 1. The maximum Gasteiger partial charge on any atom is 0.341 e. The molecular formula is C31H27Cl2NO5S. The number of hydrogen-bond donors (Lipinski definition) is 1. The second-order valence-corrected chi connectivity index (χ2v) is 10.4. The van der Waals surface area contributed by atoms with Crippen LogP contribution in [0, 0.1) is 6.92 Å². The van der Waals surface area contributed by atoms with Crippen LogP contribution in [0.2, 0.25) is 10.0 Å². The average Bonchev–Trinajstić information content (AvgIpc) is 3.36. The van der Waals surface area contributed by atoms with Gasteiger partial charge in [0, 0.05) is 32.6 Å². The van der Waals surface area contributed by atoms with Gasteiger partial charge in [0.05, 0.1) is 13.7 Å². The fraction of sp³-hybridized carbons (Fsp3) is 0.161. The summed E-state index contributed by atoms with van der Waals surface area (Å²) in [5, 5.41) is 6.11. The van der Waals surface area contributed by atoms with Crippen molar-refractivity contribution in [1.82, 2.24) is 0 Å². The van der Waals surface area contributed by atoms with E-state index in [0.717, 1.165) is 11.1 Å². The van der Waals surface area contributed by atoms with Crippen LogP contribution in [0.5, 0.6) is 11.5 Å². The fourth-order valence-corrected chi connectivity index (χ4v) is 5.32. The molecule has 4 aromatic rings. The Bertz CT molecular complexity index is 1530. The van der Waals surface area contributed by atoms with Gasteiger partial charge in [-0.15, -0.1) is 11.3 Å². The molecule has 9 heteroatoms. The Labute approximate surface area is 247 Å². The number of anilines is 1. The van der Waals surface area contributed by atoms with Gasteiger partial charge in [0.15, 0.2) is 11.5 Å². The van der Waals surface area contributed by atoms with E-state index in [1.54, 1.807) is 49.4 Å². The van der Waals surface area contributed by atoms with Crippen molar-refractivity contribution in [2.75, 3.05) is 19.0 Å². The van der Waals surface area contributed by atoms with Gasteiger partial charge < -0.3 is 19.5 Å². The van der Waals surface area contributed by atoms with E-state index >= 15 is 0 Å². The molecule has 1 heterocycles. The Morgan fingerprint density at radius 3 is 2.40 bits per heavy atom. The third-order valence-electron chi connectivity index (χ3n) is 5.92. The highest BCUT2D eigenvalue weighted by molar-refractivity contribution is 7.15. The van der Waals surface area contributed by atoms with E-state index in [-0.39, 0.29) is 13.2 Å². The minimum Gasteiger partial charge on any atom is -0.493 e. The van der Waals surface area contributed by atoms with Crippen molar-refractivity contribution in [2.24, 2.45) is 0 Å². The lowest BCUT2D eigenvalue weighted by Gasteiger charge is -2.13. The van der Waals surface area contributed by atoms with Crippen LogP contribution in [0.15, 0.2) is 72.1 Å². The van der Waals surface area contributed by atoms with Crippen molar-refractivity contribution in [3.8, 4) is 22.6 Å². The molecule has 40 heavy (non-hydrogen) atoms. The van der Waals surface area contributed by atoms with E-state index in [2.05, 4.69) is 5.32 Å². The number of amides is 1. The van der Waals surface area contributed by atoms with Crippen molar-refractivity contribution in [3.63, 3.8) is 0 Å². The largest absolute Gasteiger partial charge is 0.493 e. The van der Waals surface area contributed by atoms with E-state index in [9.17, 15) is 9.59 Å². The Morgan fingerprint density at radius 1 is 1.00 bits per heavy atom. The molecule has 1 amide bonds. The van der Waals surface area contributed by atoms with Crippen LogP contribution in [-0.2, 0) is 16.1 Å². The Balaban J connectivity index is 1.49. The van der Waals surface area contributed by atoms with Crippen molar-refractivity contribution in [2.45, 2.75) is 20.5 Å². The molecule has 1 aromatic heterocycles. The van der Waals surface area contributed by atoms with Crippen LogP contribution < -0.4 is 14.8 Å². The monoisotopic (exact) mass is 595 g/mol. The summed E-state index contributed by atoms with van der Waals surface area (Å²) in [4.78, 5) is 25.6. The van der Waals surface area contributed by atoms with Crippen LogP contribution in [0.1, 0.15) is 34.0 Å². The predicted molar refractivity (Wildman–Crippen MR) is 162 cm³/mol. The maximum absolute atomic E-state index is 12.8. The molecule has 3 aromatic carbocycles.